The molecule has 1 amide bonds. The van der Waals surface area contributed by atoms with E-state index in [1.165, 1.54) is 0 Å². The highest BCUT2D eigenvalue weighted by Gasteiger charge is 2.39. The van der Waals surface area contributed by atoms with Gasteiger partial charge in [-0.15, -0.1) is 0 Å². The van der Waals surface area contributed by atoms with Gasteiger partial charge in [0.2, 0.25) is 0 Å². The summed E-state index contributed by atoms with van der Waals surface area (Å²) in [7, 11) is 0. The van der Waals surface area contributed by atoms with Crippen LogP contribution >= 0.6 is 0 Å². The number of carbonyl (C=O) groups excluding carboxylic acids is 1. The topological polar surface area (TPSA) is 75.6 Å². The Hall–Kier alpha value is -1.26. The number of aliphatic carboxylic acids is 1. The second-order valence-electron chi connectivity index (χ2n) is 6.31. The molecule has 0 aromatic heterocycles. The smallest absolute Gasteiger partial charge is 0.407 e. The number of carboxylic acids is 1. The van der Waals surface area contributed by atoms with Crippen molar-refractivity contribution in [3.8, 4) is 0 Å². The fraction of sp³-hybridized carbons (Fsp3) is 0.846. The first kappa shape index (κ1) is 14.8. The second kappa shape index (κ2) is 5.16. The fourth-order valence-corrected chi connectivity index (χ4v) is 2.28. The molecule has 0 heterocycles. The van der Waals surface area contributed by atoms with E-state index in [1.807, 2.05) is 0 Å². The highest BCUT2D eigenvalue weighted by molar-refractivity contribution is 5.74. The molecule has 0 spiro atoms. The lowest BCUT2D eigenvalue weighted by molar-refractivity contribution is -0.150. The fourth-order valence-electron chi connectivity index (χ4n) is 2.28. The number of alkyl carbamates (subject to hydrolysis) is 1. The predicted molar refractivity (Wildman–Crippen MR) is 67.4 cm³/mol. The molecule has 0 radical (unpaired) electrons. The van der Waals surface area contributed by atoms with Crippen molar-refractivity contribution >= 4 is 12.1 Å². The summed E-state index contributed by atoms with van der Waals surface area (Å²) < 4.78 is 5.17. The molecule has 2 atom stereocenters. The number of carboxylic acid groups (broad SMARTS) is 1. The van der Waals surface area contributed by atoms with E-state index in [9.17, 15) is 14.7 Å². The van der Waals surface area contributed by atoms with Gasteiger partial charge in [-0.3, -0.25) is 4.79 Å². The van der Waals surface area contributed by atoms with Gasteiger partial charge in [-0.25, -0.2) is 4.79 Å². The van der Waals surface area contributed by atoms with Crippen LogP contribution in [0, 0.1) is 5.41 Å². The molecule has 0 aromatic carbocycles. The lowest BCUT2D eigenvalue weighted by Gasteiger charge is -2.35. The van der Waals surface area contributed by atoms with Crippen molar-refractivity contribution in [2.45, 2.75) is 65.0 Å². The number of hydrogen-bond acceptors (Lipinski definition) is 3. The number of rotatable bonds is 2. The number of hydrogen-bond donors (Lipinski definition) is 2. The summed E-state index contributed by atoms with van der Waals surface area (Å²) >= 11 is 0. The molecule has 1 aliphatic carbocycles. The highest BCUT2D eigenvalue weighted by atomic mass is 16.6. The molecule has 0 aliphatic heterocycles. The maximum atomic E-state index is 11.6. The van der Waals surface area contributed by atoms with Crippen LogP contribution in [-0.2, 0) is 9.53 Å². The molecule has 0 saturated heterocycles. The first-order valence-electron chi connectivity index (χ1n) is 6.35. The van der Waals surface area contributed by atoms with Crippen LogP contribution < -0.4 is 5.32 Å². The van der Waals surface area contributed by atoms with Gasteiger partial charge >= 0.3 is 12.1 Å². The van der Waals surface area contributed by atoms with E-state index in [2.05, 4.69) is 5.32 Å². The summed E-state index contributed by atoms with van der Waals surface area (Å²) in [4.78, 5) is 22.8. The van der Waals surface area contributed by atoms with E-state index in [-0.39, 0.29) is 6.04 Å². The maximum Gasteiger partial charge on any atom is 0.407 e. The molecule has 1 rings (SSSR count). The molecule has 0 unspecified atom stereocenters. The van der Waals surface area contributed by atoms with Crippen LogP contribution in [0.15, 0.2) is 0 Å². The van der Waals surface area contributed by atoms with Gasteiger partial charge in [0.25, 0.3) is 0 Å². The quantitative estimate of drug-likeness (QED) is 0.797. The van der Waals surface area contributed by atoms with Crippen LogP contribution in [0.5, 0.6) is 0 Å². The molecule has 0 bridgehead atoms. The van der Waals surface area contributed by atoms with Gasteiger partial charge in [0, 0.05) is 6.04 Å². The average molecular weight is 257 g/mol. The number of nitrogens with one attached hydrogen (secondary N) is 1. The van der Waals surface area contributed by atoms with E-state index >= 15 is 0 Å². The first-order valence-corrected chi connectivity index (χ1v) is 6.35. The van der Waals surface area contributed by atoms with Crippen molar-refractivity contribution in [2.75, 3.05) is 0 Å². The molecule has 5 nitrogen and oxygen atoms in total. The number of carbonyl (C=O) groups is 2. The Kier molecular flexibility index (Phi) is 4.24. The maximum absolute atomic E-state index is 11.6. The highest BCUT2D eigenvalue weighted by Crippen LogP contribution is 2.36. The third-order valence-corrected chi connectivity index (χ3v) is 3.22. The molecule has 1 fully saturated rings. The van der Waals surface area contributed by atoms with E-state index in [0.717, 1.165) is 12.8 Å². The summed E-state index contributed by atoms with van der Waals surface area (Å²) in [6, 6.07) is -0.116. The minimum absolute atomic E-state index is 0.116. The van der Waals surface area contributed by atoms with Crippen LogP contribution in [0.25, 0.3) is 0 Å². The lowest BCUT2D eigenvalue weighted by atomic mass is 9.73. The molecular formula is C13H23NO4. The molecule has 1 aliphatic rings. The minimum Gasteiger partial charge on any atom is -0.481 e. The standard InChI is InChI=1S/C13H23NO4/c1-12(2,3)18-11(17)14-9-6-5-7-13(4,8-9)10(15)16/h9H,5-8H2,1-4H3,(H,14,17)(H,15,16)/t9-,13-/m1/s1. The third-order valence-electron chi connectivity index (χ3n) is 3.22. The van der Waals surface area contributed by atoms with E-state index in [1.54, 1.807) is 27.7 Å². The summed E-state index contributed by atoms with van der Waals surface area (Å²) in [5.41, 5.74) is -1.27. The van der Waals surface area contributed by atoms with Crippen LogP contribution in [0.3, 0.4) is 0 Å². The SMILES string of the molecule is CC(C)(C)OC(=O)N[C@@H]1CCC[C@@](C)(C(=O)O)C1. The Morgan fingerprint density at radius 1 is 1.39 bits per heavy atom. The van der Waals surface area contributed by atoms with Crippen molar-refractivity contribution in [3.63, 3.8) is 0 Å². The zero-order chi connectivity index (χ0) is 14.0. The first-order chi connectivity index (χ1) is 8.12. The van der Waals surface area contributed by atoms with Crippen LogP contribution in [0.4, 0.5) is 4.79 Å². The van der Waals surface area contributed by atoms with Crippen LogP contribution in [0.2, 0.25) is 0 Å². The summed E-state index contributed by atoms with van der Waals surface area (Å²) in [5, 5.41) is 12.0. The lowest BCUT2D eigenvalue weighted by Crippen LogP contribution is -2.45. The zero-order valence-electron chi connectivity index (χ0n) is 11.6. The van der Waals surface area contributed by atoms with E-state index in [0.29, 0.717) is 12.8 Å². The van der Waals surface area contributed by atoms with E-state index < -0.39 is 23.1 Å². The minimum atomic E-state index is -0.793. The van der Waals surface area contributed by atoms with Crippen molar-refractivity contribution in [1.29, 1.82) is 0 Å². The largest absolute Gasteiger partial charge is 0.481 e. The monoisotopic (exact) mass is 257 g/mol. The Bertz CT molecular complexity index is 334. The molecule has 5 heteroatoms. The average Bonchev–Trinajstić information content (AvgIpc) is 2.13. The third kappa shape index (κ3) is 4.20. The Morgan fingerprint density at radius 3 is 2.50 bits per heavy atom. The van der Waals surface area contributed by atoms with E-state index in [4.69, 9.17) is 4.74 Å². The van der Waals surface area contributed by atoms with Crippen molar-refractivity contribution in [3.05, 3.63) is 0 Å². The van der Waals surface area contributed by atoms with Gasteiger partial charge in [0.05, 0.1) is 5.41 Å². The predicted octanol–water partition coefficient (Wildman–Crippen LogP) is 2.54. The van der Waals surface area contributed by atoms with Gasteiger partial charge in [0.1, 0.15) is 5.60 Å². The Labute approximate surface area is 108 Å². The molecule has 18 heavy (non-hydrogen) atoms. The van der Waals surface area contributed by atoms with Gasteiger partial charge in [-0.2, -0.15) is 0 Å². The van der Waals surface area contributed by atoms with Crippen LogP contribution in [-0.4, -0.2) is 28.8 Å². The van der Waals surface area contributed by atoms with Gasteiger partial charge in [-0.05, 0) is 47.0 Å². The number of ether oxygens (including phenoxy) is 1. The zero-order valence-corrected chi connectivity index (χ0v) is 11.6. The number of amides is 1. The van der Waals surface area contributed by atoms with Gasteiger partial charge in [0.15, 0.2) is 0 Å². The van der Waals surface area contributed by atoms with Gasteiger partial charge < -0.3 is 15.2 Å². The molecule has 0 aromatic rings. The normalized spacial score (nSPS) is 28.6. The van der Waals surface area contributed by atoms with Gasteiger partial charge in [-0.1, -0.05) is 6.42 Å². The molecule has 104 valence electrons. The summed E-state index contributed by atoms with van der Waals surface area (Å²) in [6.07, 6.45) is 2.27. The summed E-state index contributed by atoms with van der Waals surface area (Å²) in [5.74, 6) is -0.793. The second-order valence-corrected chi connectivity index (χ2v) is 6.31. The molecule has 2 N–H and O–H groups in total. The Morgan fingerprint density at radius 2 is 2.00 bits per heavy atom. The Balaban J connectivity index is 2.53. The molecule has 1 saturated carbocycles. The van der Waals surface area contributed by atoms with Crippen molar-refractivity contribution < 1.29 is 19.4 Å². The van der Waals surface area contributed by atoms with Crippen molar-refractivity contribution in [1.82, 2.24) is 5.32 Å². The molecular weight excluding hydrogens is 234 g/mol. The van der Waals surface area contributed by atoms with Crippen molar-refractivity contribution in [2.24, 2.45) is 5.41 Å². The van der Waals surface area contributed by atoms with Crippen LogP contribution in [0.1, 0.15) is 53.4 Å². The summed E-state index contributed by atoms with van der Waals surface area (Å²) in [6.45, 7) is 7.14.